The van der Waals surface area contributed by atoms with Crippen molar-refractivity contribution in [1.82, 2.24) is 0 Å². The predicted molar refractivity (Wildman–Crippen MR) is 114 cm³/mol. The van der Waals surface area contributed by atoms with Crippen molar-refractivity contribution in [1.29, 1.82) is 0 Å². The third-order valence-corrected chi connectivity index (χ3v) is 3.57. The summed E-state index contributed by atoms with van der Waals surface area (Å²) in [6.45, 7) is 2.85. The molecule has 0 bridgehead atoms. The van der Waals surface area contributed by atoms with Gasteiger partial charge in [-0.05, 0) is 37.0 Å². The highest BCUT2D eigenvalue weighted by atomic mass is 35.5. The molecule has 0 unspecified atom stereocenters. The number of methoxy groups -OCH3 is 1. The van der Waals surface area contributed by atoms with Crippen molar-refractivity contribution in [3.63, 3.8) is 0 Å². The minimum absolute atomic E-state index is 0.414. The first-order valence-corrected chi connectivity index (χ1v) is 9.64. The van der Waals surface area contributed by atoms with Gasteiger partial charge in [-0.2, -0.15) is 0 Å². The minimum atomic E-state index is -1.26. The van der Waals surface area contributed by atoms with Crippen LogP contribution in [0.5, 0.6) is 0 Å². The highest BCUT2D eigenvalue weighted by Gasteiger charge is 2.05. The standard InChI is InChI=1S/C16H25ClN2O3.C4H4O4/c1-20-12-13-21-10-3-2-4-16(19-22-11-9-18)14-5-7-15(17)8-6-14;5-3(6)1-2-4(7)8/h5-8H,2-4,9-13,18H2,1H3;1-2H,(H,5,6)(H,7,8)/b;2-1+. The Morgan fingerprint density at radius 2 is 1.67 bits per heavy atom. The van der Waals surface area contributed by atoms with Gasteiger partial charge in [0, 0.05) is 37.4 Å². The second-order valence-corrected chi connectivity index (χ2v) is 6.18. The van der Waals surface area contributed by atoms with E-state index in [9.17, 15) is 9.59 Å². The molecule has 0 atom stereocenters. The van der Waals surface area contributed by atoms with Gasteiger partial charge < -0.3 is 30.3 Å². The number of oxime groups is 1. The molecule has 0 spiro atoms. The van der Waals surface area contributed by atoms with Crippen molar-refractivity contribution in [3.05, 3.63) is 47.0 Å². The highest BCUT2D eigenvalue weighted by molar-refractivity contribution is 6.30. The third kappa shape index (κ3) is 16.5. The van der Waals surface area contributed by atoms with E-state index in [-0.39, 0.29) is 0 Å². The molecule has 1 rings (SSSR count). The van der Waals surface area contributed by atoms with Crippen LogP contribution in [0.2, 0.25) is 5.02 Å². The van der Waals surface area contributed by atoms with E-state index in [0.717, 1.165) is 37.1 Å². The average Bonchev–Trinajstić information content (AvgIpc) is 2.71. The maximum atomic E-state index is 9.55. The molecule has 0 saturated carbocycles. The molecule has 1 aromatic carbocycles. The van der Waals surface area contributed by atoms with E-state index >= 15 is 0 Å². The van der Waals surface area contributed by atoms with Gasteiger partial charge in [0.25, 0.3) is 0 Å². The Bertz CT molecular complexity index is 648. The van der Waals surface area contributed by atoms with Crippen LogP contribution in [-0.2, 0) is 23.9 Å². The summed E-state index contributed by atoms with van der Waals surface area (Å²) in [6.07, 6.45) is 3.87. The number of nitrogens with zero attached hydrogens (tertiary/aromatic N) is 1. The van der Waals surface area contributed by atoms with Crippen LogP contribution < -0.4 is 5.73 Å². The fraction of sp³-hybridized carbons (Fsp3) is 0.450. The normalized spacial score (nSPS) is 11.1. The van der Waals surface area contributed by atoms with E-state index in [1.165, 1.54) is 0 Å². The van der Waals surface area contributed by atoms with Gasteiger partial charge in [0.05, 0.1) is 18.9 Å². The Kier molecular flexibility index (Phi) is 17.0. The topological polar surface area (TPSA) is 141 Å². The lowest BCUT2D eigenvalue weighted by Crippen LogP contribution is -2.09. The molecule has 0 radical (unpaired) electrons. The molecule has 30 heavy (non-hydrogen) atoms. The van der Waals surface area contributed by atoms with Crippen molar-refractivity contribution in [2.75, 3.05) is 40.1 Å². The monoisotopic (exact) mass is 444 g/mol. The maximum Gasteiger partial charge on any atom is 0.328 e. The first-order valence-electron chi connectivity index (χ1n) is 9.26. The summed E-state index contributed by atoms with van der Waals surface area (Å²) >= 11 is 5.92. The van der Waals surface area contributed by atoms with Gasteiger partial charge >= 0.3 is 11.9 Å². The number of hydrogen-bond donors (Lipinski definition) is 3. The summed E-state index contributed by atoms with van der Waals surface area (Å²) < 4.78 is 10.4. The molecular formula is C20H29ClN2O7. The van der Waals surface area contributed by atoms with Crippen LogP contribution in [0, 0.1) is 0 Å². The van der Waals surface area contributed by atoms with Gasteiger partial charge in [-0.1, -0.05) is 28.9 Å². The van der Waals surface area contributed by atoms with Crippen molar-refractivity contribution >= 4 is 29.3 Å². The van der Waals surface area contributed by atoms with E-state index in [4.69, 9.17) is 41.9 Å². The van der Waals surface area contributed by atoms with Gasteiger partial charge in [-0.15, -0.1) is 0 Å². The Morgan fingerprint density at radius 3 is 2.20 bits per heavy atom. The maximum absolute atomic E-state index is 9.55. The number of carbonyl (C=O) groups is 2. The smallest absolute Gasteiger partial charge is 0.328 e. The summed E-state index contributed by atoms with van der Waals surface area (Å²) in [5.41, 5.74) is 7.33. The number of halogens is 1. The number of aliphatic carboxylic acids is 2. The Morgan fingerprint density at radius 1 is 1.03 bits per heavy atom. The lowest BCUT2D eigenvalue weighted by atomic mass is 10.1. The second-order valence-electron chi connectivity index (χ2n) is 5.74. The van der Waals surface area contributed by atoms with Crippen LogP contribution in [-0.4, -0.2) is 67.9 Å². The number of hydrogen-bond acceptors (Lipinski definition) is 7. The van der Waals surface area contributed by atoms with Crippen LogP contribution in [0.15, 0.2) is 41.6 Å². The number of unbranched alkanes of at least 4 members (excludes halogenated alkanes) is 1. The molecule has 4 N–H and O–H groups in total. The zero-order chi connectivity index (χ0) is 22.6. The summed E-state index contributed by atoms with van der Waals surface area (Å²) in [6, 6.07) is 7.59. The number of benzene rings is 1. The third-order valence-electron chi connectivity index (χ3n) is 3.31. The average molecular weight is 445 g/mol. The molecular weight excluding hydrogens is 416 g/mol. The fourth-order valence-electron chi connectivity index (χ4n) is 1.94. The molecule has 0 aliphatic rings. The van der Waals surface area contributed by atoms with Crippen molar-refractivity contribution in [2.45, 2.75) is 19.3 Å². The van der Waals surface area contributed by atoms with Crippen LogP contribution in [0.1, 0.15) is 24.8 Å². The zero-order valence-corrected chi connectivity index (χ0v) is 17.7. The number of carboxylic acids is 2. The largest absolute Gasteiger partial charge is 0.478 e. The van der Waals surface area contributed by atoms with Crippen LogP contribution in [0.3, 0.4) is 0 Å². The van der Waals surface area contributed by atoms with Crippen molar-refractivity contribution in [2.24, 2.45) is 10.9 Å². The minimum Gasteiger partial charge on any atom is -0.478 e. The second kappa shape index (κ2) is 18.6. The van der Waals surface area contributed by atoms with Gasteiger partial charge in [0.1, 0.15) is 6.61 Å². The Balaban J connectivity index is 0.000000890. The first-order chi connectivity index (χ1) is 14.4. The van der Waals surface area contributed by atoms with Gasteiger partial charge in [0.15, 0.2) is 0 Å². The first kappa shape index (κ1) is 27.5. The molecule has 0 heterocycles. The molecule has 0 aromatic heterocycles. The van der Waals surface area contributed by atoms with Gasteiger partial charge in [-0.3, -0.25) is 0 Å². The quantitative estimate of drug-likeness (QED) is 0.172. The molecule has 0 amide bonds. The number of rotatable bonds is 14. The summed E-state index contributed by atoms with van der Waals surface area (Å²) in [7, 11) is 1.67. The summed E-state index contributed by atoms with van der Waals surface area (Å²) in [4.78, 5) is 24.3. The fourth-order valence-corrected chi connectivity index (χ4v) is 2.07. The Labute approximate surface area is 181 Å². The van der Waals surface area contributed by atoms with Crippen LogP contribution in [0.25, 0.3) is 0 Å². The molecule has 9 nitrogen and oxygen atoms in total. The van der Waals surface area contributed by atoms with Crippen molar-refractivity contribution in [3.8, 4) is 0 Å². The van der Waals surface area contributed by atoms with E-state index in [1.54, 1.807) is 7.11 Å². The number of ether oxygens (including phenoxy) is 2. The van der Waals surface area contributed by atoms with E-state index in [1.807, 2.05) is 24.3 Å². The number of nitrogens with two attached hydrogens (primary N) is 1. The van der Waals surface area contributed by atoms with Gasteiger partial charge in [0.2, 0.25) is 0 Å². The SMILES string of the molecule is COCCOCCCCC(=NOCCN)c1ccc(Cl)cc1.O=C(O)/C=C/C(=O)O. The number of carboxylic acid groups (broad SMARTS) is 2. The van der Waals surface area contributed by atoms with Crippen LogP contribution >= 0.6 is 11.6 Å². The zero-order valence-electron chi connectivity index (χ0n) is 17.0. The molecule has 168 valence electrons. The molecule has 0 aliphatic heterocycles. The molecule has 0 fully saturated rings. The molecule has 1 aromatic rings. The van der Waals surface area contributed by atoms with Crippen molar-refractivity contribution < 1.29 is 34.1 Å². The Hall–Kier alpha value is -2.46. The van der Waals surface area contributed by atoms with E-state index in [2.05, 4.69) is 5.16 Å². The lowest BCUT2D eigenvalue weighted by molar-refractivity contribution is -0.134. The molecule has 10 heteroatoms. The molecule has 0 aliphatic carbocycles. The van der Waals surface area contributed by atoms with E-state index < -0.39 is 11.9 Å². The summed E-state index contributed by atoms with van der Waals surface area (Å²) in [5.74, 6) is -2.51. The summed E-state index contributed by atoms with van der Waals surface area (Å²) in [5, 5.41) is 20.5. The highest BCUT2D eigenvalue weighted by Crippen LogP contribution is 2.13. The van der Waals surface area contributed by atoms with Crippen LogP contribution in [0.4, 0.5) is 0 Å². The lowest BCUT2D eigenvalue weighted by Gasteiger charge is -2.08. The predicted octanol–water partition coefficient (Wildman–Crippen LogP) is 2.56. The van der Waals surface area contributed by atoms with Gasteiger partial charge in [-0.25, -0.2) is 9.59 Å². The molecule has 0 saturated heterocycles. The van der Waals surface area contributed by atoms with E-state index in [0.29, 0.717) is 43.5 Å².